The normalized spacial score (nSPS) is 16.1. The number of ether oxygens (including phenoxy) is 1. The molecule has 1 unspecified atom stereocenters. The molecule has 0 saturated carbocycles. The molecule has 1 aliphatic heterocycles. The summed E-state index contributed by atoms with van der Waals surface area (Å²) < 4.78 is 41.7. The second-order valence-corrected chi connectivity index (χ2v) is 8.31. The van der Waals surface area contributed by atoms with E-state index in [4.69, 9.17) is 0 Å². The lowest BCUT2D eigenvalue weighted by Crippen LogP contribution is -2.32. The number of ketones is 1. The second kappa shape index (κ2) is 9.33. The first-order chi connectivity index (χ1) is 17.0. The number of Topliss-reactive ketones (excluding diaryl/α,β-unsaturated/α-hetero) is 1. The highest BCUT2D eigenvalue weighted by Gasteiger charge is 2.45. The molecule has 186 valence electrons. The van der Waals surface area contributed by atoms with Crippen LogP contribution in [0.5, 0.6) is 11.6 Å². The summed E-state index contributed by atoms with van der Waals surface area (Å²) in [5.74, 6) is -3.25. The van der Waals surface area contributed by atoms with Crippen molar-refractivity contribution >= 4 is 17.5 Å². The summed E-state index contributed by atoms with van der Waals surface area (Å²) in [5, 5.41) is 27.5. The van der Waals surface area contributed by atoms with E-state index >= 15 is 0 Å². The molecule has 2 heterocycles. The number of carbonyl (C=O) groups excluding carboxylic acids is 2. The van der Waals surface area contributed by atoms with E-state index < -0.39 is 41.5 Å². The number of aliphatic hydroxyl groups excluding tert-OH is 1. The van der Waals surface area contributed by atoms with E-state index in [1.807, 2.05) is 13.8 Å². The standard InChI is InChI=1S/C25H20F3N3O5/c1-13(2)14-3-5-16(6-4-14)22(33)20-21(15-7-9-17(10-8-15)36-25(26,27)28)31(24(35)23(20)34)18-11-12-19(32)30-29-18/h3-13,21,34H,1-2H3,(H,30,32). The van der Waals surface area contributed by atoms with Crippen LogP contribution in [-0.4, -0.2) is 38.5 Å². The average Bonchev–Trinajstić information content (AvgIpc) is 3.09. The molecule has 1 atom stereocenters. The molecular weight excluding hydrogens is 479 g/mol. The number of alkyl halides is 3. The van der Waals surface area contributed by atoms with Crippen molar-refractivity contribution in [2.24, 2.45) is 0 Å². The number of halogens is 3. The monoisotopic (exact) mass is 499 g/mol. The molecule has 11 heteroatoms. The second-order valence-electron chi connectivity index (χ2n) is 8.31. The van der Waals surface area contributed by atoms with Crippen molar-refractivity contribution in [3.8, 4) is 11.6 Å². The van der Waals surface area contributed by atoms with Crippen LogP contribution in [0.25, 0.3) is 0 Å². The minimum absolute atomic E-state index is 0.0945. The predicted molar refractivity (Wildman–Crippen MR) is 122 cm³/mol. The fourth-order valence-corrected chi connectivity index (χ4v) is 3.86. The van der Waals surface area contributed by atoms with Gasteiger partial charge < -0.3 is 14.9 Å². The van der Waals surface area contributed by atoms with Crippen molar-refractivity contribution in [3.05, 3.63) is 88.7 Å². The molecule has 0 bridgehead atoms. The predicted octanol–water partition coefficient (Wildman–Crippen LogP) is 4.99. The summed E-state index contributed by atoms with van der Waals surface area (Å²) in [6.45, 7) is 3.97. The molecule has 0 fully saturated rings. The van der Waals surface area contributed by atoms with Crippen LogP contribution < -0.4 is 9.64 Å². The topological polar surface area (TPSA) is 113 Å². The zero-order valence-corrected chi connectivity index (χ0v) is 19.0. The number of benzene rings is 2. The molecule has 1 aliphatic rings. The highest BCUT2D eigenvalue weighted by atomic mass is 19.4. The van der Waals surface area contributed by atoms with E-state index in [0.29, 0.717) is 0 Å². The van der Waals surface area contributed by atoms with E-state index in [9.17, 15) is 33.0 Å². The Morgan fingerprint density at radius 1 is 0.972 bits per heavy atom. The van der Waals surface area contributed by atoms with Crippen LogP contribution in [0.4, 0.5) is 19.0 Å². The Kier molecular flexibility index (Phi) is 6.40. The van der Waals surface area contributed by atoms with Gasteiger partial charge in [-0.3, -0.25) is 14.5 Å². The molecule has 0 aliphatic carbocycles. The highest BCUT2D eigenvalue weighted by molar-refractivity contribution is 6.20. The number of carbonyl (C=O) groups is 2. The van der Waals surface area contributed by atoms with Crippen molar-refractivity contribution in [1.29, 1.82) is 0 Å². The van der Waals surface area contributed by atoms with Crippen LogP contribution in [0.1, 0.15) is 47.3 Å². The fraction of sp³-hybridized carbons (Fsp3) is 0.200. The van der Waals surface area contributed by atoms with Crippen molar-refractivity contribution < 1.29 is 37.7 Å². The van der Waals surface area contributed by atoms with Crippen molar-refractivity contribution in [2.45, 2.75) is 32.2 Å². The first-order valence-electron chi connectivity index (χ1n) is 10.8. The Morgan fingerprint density at radius 2 is 1.61 bits per heavy atom. The van der Waals surface area contributed by atoms with Crippen LogP contribution in [0.2, 0.25) is 0 Å². The number of aromatic hydroxyl groups is 1. The van der Waals surface area contributed by atoms with Crippen LogP contribution in [-0.2, 0) is 4.79 Å². The first-order valence-corrected chi connectivity index (χ1v) is 10.8. The lowest BCUT2D eigenvalue weighted by molar-refractivity contribution is -0.274. The molecule has 8 nitrogen and oxygen atoms in total. The number of amides is 1. The molecule has 0 spiro atoms. The van der Waals surface area contributed by atoms with E-state index in [1.54, 1.807) is 24.3 Å². The van der Waals surface area contributed by atoms with Crippen molar-refractivity contribution in [2.75, 3.05) is 4.90 Å². The molecular formula is C25H20F3N3O5. The number of anilines is 1. The molecule has 0 saturated heterocycles. The third kappa shape index (κ3) is 4.85. The van der Waals surface area contributed by atoms with Gasteiger partial charge in [0.15, 0.2) is 17.4 Å². The largest absolute Gasteiger partial charge is 0.573 e. The molecule has 36 heavy (non-hydrogen) atoms. The SMILES string of the molecule is CC(C)c1ccc(C(=O)C2=C(O)C(=O)N(c3ccc(O)nn3)C2c2ccc(OC(F)(F)F)cc2)cc1. The zero-order chi connectivity index (χ0) is 26.2. The summed E-state index contributed by atoms with van der Waals surface area (Å²) >= 11 is 0. The zero-order valence-electron chi connectivity index (χ0n) is 19.0. The van der Waals surface area contributed by atoms with Gasteiger partial charge in [-0.05, 0) is 35.2 Å². The molecule has 4 rings (SSSR count). The third-order valence-electron chi connectivity index (χ3n) is 5.60. The number of aromatic nitrogens is 2. The summed E-state index contributed by atoms with van der Waals surface area (Å²) in [5.41, 5.74) is 1.11. The van der Waals surface area contributed by atoms with Crippen LogP contribution in [0.15, 0.2) is 72.0 Å². The Bertz CT molecular complexity index is 1320. The van der Waals surface area contributed by atoms with Gasteiger partial charge in [0.05, 0.1) is 11.6 Å². The van der Waals surface area contributed by atoms with Gasteiger partial charge in [0.2, 0.25) is 5.88 Å². The molecule has 0 radical (unpaired) electrons. The van der Waals surface area contributed by atoms with Gasteiger partial charge in [-0.1, -0.05) is 50.2 Å². The van der Waals surface area contributed by atoms with Crippen molar-refractivity contribution in [1.82, 2.24) is 10.2 Å². The first kappa shape index (κ1) is 24.7. The van der Waals surface area contributed by atoms with E-state index in [-0.39, 0.29) is 28.4 Å². The number of rotatable bonds is 6. The minimum Gasteiger partial charge on any atom is -0.503 e. The van der Waals surface area contributed by atoms with Gasteiger partial charge in [-0.2, -0.15) is 0 Å². The molecule has 2 aromatic carbocycles. The number of hydrogen-bond acceptors (Lipinski definition) is 7. The minimum atomic E-state index is -4.90. The lowest BCUT2D eigenvalue weighted by atomic mass is 9.91. The van der Waals surface area contributed by atoms with Crippen LogP contribution >= 0.6 is 0 Å². The molecule has 3 aromatic rings. The summed E-state index contributed by atoms with van der Waals surface area (Å²) in [6, 6.07) is 12.4. The van der Waals surface area contributed by atoms with E-state index in [2.05, 4.69) is 14.9 Å². The Hall–Kier alpha value is -4.41. The molecule has 1 aromatic heterocycles. The average molecular weight is 499 g/mol. The van der Waals surface area contributed by atoms with Gasteiger partial charge in [-0.15, -0.1) is 23.4 Å². The van der Waals surface area contributed by atoms with Crippen LogP contribution in [0, 0.1) is 0 Å². The number of nitrogens with zero attached hydrogens (tertiary/aromatic N) is 3. The maximum absolute atomic E-state index is 13.5. The van der Waals surface area contributed by atoms with Gasteiger partial charge in [0.1, 0.15) is 5.75 Å². The van der Waals surface area contributed by atoms with Gasteiger partial charge >= 0.3 is 6.36 Å². The molecule has 1 amide bonds. The van der Waals surface area contributed by atoms with Gasteiger partial charge in [0, 0.05) is 11.6 Å². The maximum atomic E-state index is 13.5. The van der Waals surface area contributed by atoms with Gasteiger partial charge in [0.25, 0.3) is 5.91 Å². The number of aliphatic hydroxyl groups is 1. The summed E-state index contributed by atoms with van der Waals surface area (Å²) in [7, 11) is 0. The Morgan fingerprint density at radius 3 is 2.14 bits per heavy atom. The van der Waals surface area contributed by atoms with Gasteiger partial charge in [-0.25, -0.2) is 0 Å². The Labute approximate surface area is 203 Å². The van der Waals surface area contributed by atoms with Crippen molar-refractivity contribution in [3.63, 3.8) is 0 Å². The molecule has 2 N–H and O–H groups in total. The summed E-state index contributed by atoms with van der Waals surface area (Å²) in [6.07, 6.45) is -4.90. The van der Waals surface area contributed by atoms with Crippen LogP contribution in [0.3, 0.4) is 0 Å². The highest BCUT2D eigenvalue weighted by Crippen LogP contribution is 2.42. The Balaban J connectivity index is 1.79. The number of hydrogen-bond donors (Lipinski definition) is 2. The lowest BCUT2D eigenvalue weighted by Gasteiger charge is -2.25. The summed E-state index contributed by atoms with van der Waals surface area (Å²) in [4.78, 5) is 27.6. The quantitative estimate of drug-likeness (QED) is 0.460. The third-order valence-corrected chi connectivity index (χ3v) is 5.60. The smallest absolute Gasteiger partial charge is 0.503 e. The maximum Gasteiger partial charge on any atom is 0.573 e. The van der Waals surface area contributed by atoms with E-state index in [1.165, 1.54) is 18.2 Å². The van der Waals surface area contributed by atoms with E-state index in [0.717, 1.165) is 28.7 Å². The fourth-order valence-electron chi connectivity index (χ4n) is 3.86.